The summed E-state index contributed by atoms with van der Waals surface area (Å²) in [4.78, 5) is 27.8. The van der Waals surface area contributed by atoms with Crippen molar-refractivity contribution in [2.75, 3.05) is 33.8 Å². The molecule has 37 heavy (non-hydrogen) atoms. The minimum absolute atomic E-state index is 0.148. The average Bonchev–Trinajstić information content (AvgIpc) is 3.03. The van der Waals surface area contributed by atoms with E-state index in [9.17, 15) is 9.59 Å². The van der Waals surface area contributed by atoms with Crippen LogP contribution in [0.4, 0.5) is 5.69 Å². The van der Waals surface area contributed by atoms with Crippen molar-refractivity contribution in [1.82, 2.24) is 4.90 Å². The number of carbonyl (C=O) groups is 2. The summed E-state index contributed by atoms with van der Waals surface area (Å²) in [5, 5.41) is 2.91. The third-order valence-electron chi connectivity index (χ3n) is 6.14. The summed E-state index contributed by atoms with van der Waals surface area (Å²) in [5.41, 5.74) is 2.60. The van der Waals surface area contributed by atoms with Gasteiger partial charge in [-0.1, -0.05) is 0 Å². The number of benzene rings is 3. The molecule has 0 saturated heterocycles. The molecule has 1 N–H and O–H groups in total. The number of hydrogen-bond donors (Lipinski definition) is 1. The molecular weight excluding hydrogens is 476 g/mol. The molecule has 0 bridgehead atoms. The summed E-state index contributed by atoms with van der Waals surface area (Å²) in [6.07, 6.45) is -0.669. The Bertz CT molecular complexity index is 1310. The zero-order chi connectivity index (χ0) is 26.5. The number of nitrogens with zero attached hydrogens (tertiary/aromatic N) is 1. The number of amides is 2. The summed E-state index contributed by atoms with van der Waals surface area (Å²) in [6.45, 7) is 2.34. The maximum absolute atomic E-state index is 13.1. The van der Waals surface area contributed by atoms with Crippen molar-refractivity contribution in [2.45, 2.75) is 26.1 Å². The fourth-order valence-electron chi connectivity index (χ4n) is 4.18. The smallest absolute Gasteiger partial charge is 0.263 e. The second kappa shape index (κ2) is 11.1. The predicted molar refractivity (Wildman–Crippen MR) is 138 cm³/mol. The zero-order valence-electron chi connectivity index (χ0n) is 21.5. The van der Waals surface area contributed by atoms with Crippen molar-refractivity contribution < 1.29 is 33.3 Å². The molecule has 0 fully saturated rings. The molecule has 1 aliphatic rings. The van der Waals surface area contributed by atoms with Crippen LogP contribution in [0.2, 0.25) is 0 Å². The molecule has 0 spiro atoms. The van der Waals surface area contributed by atoms with E-state index < -0.39 is 6.10 Å². The van der Waals surface area contributed by atoms with E-state index in [1.54, 1.807) is 62.4 Å². The molecule has 0 radical (unpaired) electrons. The van der Waals surface area contributed by atoms with Gasteiger partial charge in [0.15, 0.2) is 17.6 Å². The van der Waals surface area contributed by atoms with Crippen LogP contribution in [0, 0.1) is 0 Å². The van der Waals surface area contributed by atoms with Crippen molar-refractivity contribution in [1.29, 1.82) is 0 Å². The van der Waals surface area contributed by atoms with Gasteiger partial charge in [0.25, 0.3) is 11.8 Å². The Balaban J connectivity index is 1.57. The van der Waals surface area contributed by atoms with Gasteiger partial charge in [0.05, 0.1) is 28.4 Å². The van der Waals surface area contributed by atoms with Gasteiger partial charge in [0.2, 0.25) is 0 Å². The summed E-state index contributed by atoms with van der Waals surface area (Å²) >= 11 is 0. The number of nitrogens with one attached hydrogen (secondary N) is 1. The van der Waals surface area contributed by atoms with Crippen LogP contribution in [0.5, 0.6) is 28.7 Å². The first-order valence-corrected chi connectivity index (χ1v) is 11.7. The van der Waals surface area contributed by atoms with Crippen LogP contribution in [0.1, 0.15) is 28.4 Å². The summed E-state index contributed by atoms with van der Waals surface area (Å²) in [6, 6.07) is 15.8. The quantitative estimate of drug-likeness (QED) is 0.487. The Kier molecular flexibility index (Phi) is 7.71. The lowest BCUT2D eigenvalue weighted by Gasteiger charge is -2.23. The molecule has 1 heterocycles. The lowest BCUT2D eigenvalue weighted by molar-refractivity contribution is -0.138. The SMILES string of the molecule is COc1ccc(CN2Cc3cc(NC(=O)c4ccc(OC)c(OC)c4)ccc3OC(C)C2=O)c(OC)c1. The molecule has 4 rings (SSSR count). The van der Waals surface area contributed by atoms with Crippen LogP contribution in [-0.4, -0.2) is 51.3 Å². The second-order valence-electron chi connectivity index (χ2n) is 8.48. The van der Waals surface area contributed by atoms with Crippen LogP contribution < -0.4 is 29.0 Å². The van der Waals surface area contributed by atoms with E-state index in [0.29, 0.717) is 53.1 Å². The van der Waals surface area contributed by atoms with E-state index >= 15 is 0 Å². The van der Waals surface area contributed by atoms with Gasteiger partial charge in [-0.2, -0.15) is 0 Å². The first-order valence-electron chi connectivity index (χ1n) is 11.7. The van der Waals surface area contributed by atoms with Crippen molar-refractivity contribution in [3.63, 3.8) is 0 Å². The number of ether oxygens (including phenoxy) is 5. The van der Waals surface area contributed by atoms with Gasteiger partial charge in [-0.05, 0) is 55.5 Å². The Labute approximate surface area is 215 Å². The second-order valence-corrected chi connectivity index (χ2v) is 8.48. The van der Waals surface area contributed by atoms with E-state index in [1.165, 1.54) is 14.2 Å². The Morgan fingerprint density at radius 3 is 2.38 bits per heavy atom. The van der Waals surface area contributed by atoms with E-state index in [-0.39, 0.29) is 11.8 Å². The molecule has 1 atom stereocenters. The minimum Gasteiger partial charge on any atom is -0.497 e. The molecule has 0 aliphatic carbocycles. The van der Waals surface area contributed by atoms with Gasteiger partial charge in [0.1, 0.15) is 17.2 Å². The predicted octanol–water partition coefficient (Wildman–Crippen LogP) is 4.28. The molecular formula is C28H30N2O7. The van der Waals surface area contributed by atoms with E-state index in [1.807, 2.05) is 18.2 Å². The van der Waals surface area contributed by atoms with Gasteiger partial charge in [-0.3, -0.25) is 9.59 Å². The molecule has 9 heteroatoms. The van der Waals surface area contributed by atoms with Gasteiger partial charge >= 0.3 is 0 Å². The fraction of sp³-hybridized carbons (Fsp3) is 0.286. The monoisotopic (exact) mass is 506 g/mol. The number of anilines is 1. The number of rotatable bonds is 8. The largest absolute Gasteiger partial charge is 0.497 e. The highest BCUT2D eigenvalue weighted by atomic mass is 16.5. The zero-order valence-corrected chi connectivity index (χ0v) is 21.5. The topological polar surface area (TPSA) is 95.6 Å². The molecule has 1 aliphatic heterocycles. The Hall–Kier alpha value is -4.40. The molecule has 0 saturated carbocycles. The highest BCUT2D eigenvalue weighted by molar-refractivity contribution is 6.04. The van der Waals surface area contributed by atoms with Gasteiger partial charge < -0.3 is 33.9 Å². The van der Waals surface area contributed by atoms with Crippen molar-refractivity contribution in [3.8, 4) is 28.7 Å². The van der Waals surface area contributed by atoms with Crippen molar-refractivity contribution in [3.05, 3.63) is 71.3 Å². The summed E-state index contributed by atoms with van der Waals surface area (Å²) in [7, 11) is 6.22. The molecule has 3 aromatic rings. The molecule has 2 amide bonds. The molecule has 0 aromatic heterocycles. The van der Waals surface area contributed by atoms with Crippen LogP contribution in [0.15, 0.2) is 54.6 Å². The van der Waals surface area contributed by atoms with Crippen LogP contribution in [-0.2, 0) is 17.9 Å². The van der Waals surface area contributed by atoms with Gasteiger partial charge in [0, 0.05) is 41.5 Å². The van der Waals surface area contributed by atoms with E-state index in [4.69, 9.17) is 23.7 Å². The Morgan fingerprint density at radius 1 is 0.919 bits per heavy atom. The standard InChI is InChI=1S/C28H30N2O7/c1-17-28(32)30(15-19-6-9-22(33-2)14-25(19)35-4)16-20-12-21(8-11-23(20)37-17)29-27(31)18-7-10-24(34-3)26(13-18)36-5/h6-14,17H,15-16H2,1-5H3,(H,29,31). The Morgan fingerprint density at radius 2 is 1.68 bits per heavy atom. The third kappa shape index (κ3) is 5.55. The third-order valence-corrected chi connectivity index (χ3v) is 6.14. The van der Waals surface area contributed by atoms with E-state index in [0.717, 1.165) is 11.1 Å². The molecule has 1 unspecified atom stereocenters. The van der Waals surface area contributed by atoms with Crippen LogP contribution in [0.25, 0.3) is 0 Å². The van der Waals surface area contributed by atoms with Crippen LogP contribution in [0.3, 0.4) is 0 Å². The molecule has 194 valence electrons. The van der Waals surface area contributed by atoms with Gasteiger partial charge in [-0.15, -0.1) is 0 Å². The first kappa shape index (κ1) is 25.7. The van der Waals surface area contributed by atoms with Crippen molar-refractivity contribution >= 4 is 17.5 Å². The van der Waals surface area contributed by atoms with Gasteiger partial charge in [-0.25, -0.2) is 0 Å². The average molecular weight is 507 g/mol. The number of methoxy groups -OCH3 is 4. The minimum atomic E-state index is -0.669. The highest BCUT2D eigenvalue weighted by Crippen LogP contribution is 2.32. The maximum Gasteiger partial charge on any atom is 0.263 e. The van der Waals surface area contributed by atoms with Crippen LogP contribution >= 0.6 is 0 Å². The summed E-state index contributed by atoms with van der Waals surface area (Å²) in [5.74, 6) is 2.43. The normalized spacial score (nSPS) is 14.7. The highest BCUT2D eigenvalue weighted by Gasteiger charge is 2.29. The molecule has 3 aromatic carbocycles. The summed E-state index contributed by atoms with van der Waals surface area (Å²) < 4.78 is 27.3. The van der Waals surface area contributed by atoms with Crippen molar-refractivity contribution in [2.24, 2.45) is 0 Å². The maximum atomic E-state index is 13.1. The lowest BCUT2D eigenvalue weighted by Crippen LogP contribution is -2.37. The number of fused-ring (bicyclic) bond motifs is 1. The lowest BCUT2D eigenvalue weighted by atomic mass is 10.1. The van der Waals surface area contributed by atoms with E-state index in [2.05, 4.69) is 5.32 Å². The number of hydrogen-bond acceptors (Lipinski definition) is 7. The fourth-order valence-corrected chi connectivity index (χ4v) is 4.18. The first-order chi connectivity index (χ1) is 17.9. The number of carbonyl (C=O) groups excluding carboxylic acids is 2. The molecule has 9 nitrogen and oxygen atoms in total.